The number of unbranched alkanes of at least 4 members (excludes halogenated alkanes) is 1. The van der Waals surface area contributed by atoms with Gasteiger partial charge in [-0.25, -0.2) is 0 Å². The summed E-state index contributed by atoms with van der Waals surface area (Å²) in [5.74, 6) is 0. The molecule has 0 aliphatic heterocycles. The molecule has 0 radical (unpaired) electrons. The fourth-order valence-corrected chi connectivity index (χ4v) is 2.20. The topological polar surface area (TPSA) is 78.8 Å². The standard InChI is InChI=1S/C12H18NO4PS/c14-18(15,16)9-5-4-8-13-12(19)17-10-11-6-2-1-3-7-11/h1-3,6-7H,4-5,8-10H2,(H,13,19)(H2,14,15,16). The minimum Gasteiger partial charge on any atom is -0.466 e. The summed E-state index contributed by atoms with van der Waals surface area (Å²) < 4.78 is 16.0. The quantitative estimate of drug-likeness (QED) is 0.406. The third kappa shape index (κ3) is 8.72. The number of benzene rings is 1. The van der Waals surface area contributed by atoms with Crippen LogP contribution in [0.2, 0.25) is 0 Å². The number of nitrogens with one attached hydrogen (secondary N) is 1. The summed E-state index contributed by atoms with van der Waals surface area (Å²) in [6.07, 6.45) is 1.00. The Labute approximate surface area is 118 Å². The Balaban J connectivity index is 2.07. The van der Waals surface area contributed by atoms with Gasteiger partial charge in [-0.15, -0.1) is 0 Å². The van der Waals surface area contributed by atoms with Crippen LogP contribution in [0.3, 0.4) is 0 Å². The molecule has 0 heterocycles. The second-order valence-electron chi connectivity index (χ2n) is 4.08. The number of hydrogen-bond donors (Lipinski definition) is 3. The van der Waals surface area contributed by atoms with E-state index < -0.39 is 7.60 Å². The Bertz CT molecular complexity index is 435. The molecule has 0 spiro atoms. The summed E-state index contributed by atoms with van der Waals surface area (Å²) in [7, 11) is -3.87. The molecule has 0 saturated heterocycles. The monoisotopic (exact) mass is 303 g/mol. The van der Waals surface area contributed by atoms with Crippen LogP contribution in [0.5, 0.6) is 0 Å². The molecule has 1 rings (SSSR count). The maximum atomic E-state index is 10.6. The van der Waals surface area contributed by atoms with E-state index >= 15 is 0 Å². The molecule has 106 valence electrons. The van der Waals surface area contributed by atoms with Crippen molar-refractivity contribution in [2.24, 2.45) is 0 Å². The molecule has 5 nitrogen and oxygen atoms in total. The normalized spacial score (nSPS) is 11.1. The van der Waals surface area contributed by atoms with Gasteiger partial charge in [0.2, 0.25) is 0 Å². The average Bonchev–Trinajstić information content (AvgIpc) is 2.36. The minimum atomic E-state index is -3.87. The largest absolute Gasteiger partial charge is 0.466 e. The van der Waals surface area contributed by atoms with Crippen molar-refractivity contribution in [3.8, 4) is 0 Å². The van der Waals surface area contributed by atoms with Crippen LogP contribution < -0.4 is 5.32 Å². The first-order valence-electron chi connectivity index (χ1n) is 5.96. The fourth-order valence-electron chi connectivity index (χ4n) is 1.41. The lowest BCUT2D eigenvalue weighted by Crippen LogP contribution is -2.25. The highest BCUT2D eigenvalue weighted by molar-refractivity contribution is 7.80. The lowest BCUT2D eigenvalue weighted by Gasteiger charge is -2.10. The molecular formula is C12H18NO4PS. The van der Waals surface area contributed by atoms with Crippen molar-refractivity contribution >= 4 is 25.0 Å². The summed E-state index contributed by atoms with van der Waals surface area (Å²) in [5.41, 5.74) is 1.04. The Kier molecular flexibility index (Phi) is 7.02. The molecule has 0 fully saturated rings. The molecule has 0 bridgehead atoms. The van der Waals surface area contributed by atoms with E-state index in [0.717, 1.165) is 5.56 Å². The Morgan fingerprint density at radius 2 is 1.95 bits per heavy atom. The van der Waals surface area contributed by atoms with E-state index in [1.54, 1.807) is 0 Å². The summed E-state index contributed by atoms with van der Waals surface area (Å²) in [4.78, 5) is 17.4. The highest BCUT2D eigenvalue weighted by atomic mass is 32.1. The van der Waals surface area contributed by atoms with Crippen LogP contribution in [0, 0.1) is 0 Å². The van der Waals surface area contributed by atoms with Crippen LogP contribution in [-0.4, -0.2) is 27.7 Å². The van der Waals surface area contributed by atoms with Crippen molar-refractivity contribution in [1.82, 2.24) is 5.32 Å². The lowest BCUT2D eigenvalue weighted by atomic mass is 10.2. The third-order valence-corrected chi connectivity index (χ3v) is 3.52. The molecule has 19 heavy (non-hydrogen) atoms. The molecule has 7 heteroatoms. The van der Waals surface area contributed by atoms with Crippen molar-refractivity contribution in [2.75, 3.05) is 12.7 Å². The van der Waals surface area contributed by atoms with Gasteiger partial charge >= 0.3 is 7.60 Å². The molecule has 3 N–H and O–H groups in total. The van der Waals surface area contributed by atoms with E-state index in [1.165, 1.54) is 0 Å². The molecule has 0 aliphatic carbocycles. The van der Waals surface area contributed by atoms with Crippen molar-refractivity contribution in [1.29, 1.82) is 0 Å². The zero-order chi connectivity index (χ0) is 14.1. The van der Waals surface area contributed by atoms with Gasteiger partial charge in [0.1, 0.15) is 6.61 Å². The van der Waals surface area contributed by atoms with Crippen LogP contribution in [0.1, 0.15) is 18.4 Å². The molecule has 0 aromatic heterocycles. The van der Waals surface area contributed by atoms with Gasteiger partial charge in [-0.05, 0) is 30.6 Å². The van der Waals surface area contributed by atoms with Crippen LogP contribution >= 0.6 is 19.8 Å². The molecular weight excluding hydrogens is 285 g/mol. The minimum absolute atomic E-state index is 0.0910. The molecule has 1 aromatic carbocycles. The SMILES string of the molecule is O=P(O)(O)CCCCNC(=S)OCc1ccccc1. The summed E-state index contributed by atoms with van der Waals surface area (Å²) in [6.45, 7) is 0.961. The summed E-state index contributed by atoms with van der Waals surface area (Å²) in [6, 6.07) is 9.68. The van der Waals surface area contributed by atoms with E-state index in [0.29, 0.717) is 31.2 Å². The van der Waals surface area contributed by atoms with Crippen LogP contribution in [0.25, 0.3) is 0 Å². The van der Waals surface area contributed by atoms with Crippen molar-refractivity contribution < 1.29 is 19.1 Å². The van der Waals surface area contributed by atoms with E-state index in [9.17, 15) is 4.57 Å². The predicted molar refractivity (Wildman–Crippen MR) is 78.0 cm³/mol. The van der Waals surface area contributed by atoms with E-state index in [1.807, 2.05) is 30.3 Å². The number of hydrogen-bond acceptors (Lipinski definition) is 3. The van der Waals surface area contributed by atoms with Gasteiger partial charge < -0.3 is 19.8 Å². The predicted octanol–water partition coefficient (Wildman–Crippen LogP) is 2.04. The van der Waals surface area contributed by atoms with Crippen LogP contribution in [-0.2, 0) is 15.9 Å². The highest BCUT2D eigenvalue weighted by Crippen LogP contribution is 2.35. The zero-order valence-electron chi connectivity index (χ0n) is 10.5. The Morgan fingerprint density at radius 3 is 2.58 bits per heavy atom. The van der Waals surface area contributed by atoms with Gasteiger partial charge in [-0.3, -0.25) is 4.57 Å². The molecule has 0 amide bonds. The second-order valence-corrected chi connectivity index (χ2v) is 6.23. The second kappa shape index (κ2) is 8.27. The fraction of sp³-hybridized carbons (Fsp3) is 0.417. The molecule has 0 saturated carbocycles. The van der Waals surface area contributed by atoms with E-state index in [-0.39, 0.29) is 6.16 Å². The van der Waals surface area contributed by atoms with Gasteiger partial charge in [0.15, 0.2) is 0 Å². The molecule has 0 unspecified atom stereocenters. The van der Waals surface area contributed by atoms with Gasteiger partial charge in [-0.1, -0.05) is 30.3 Å². The number of rotatable bonds is 7. The molecule has 0 atom stereocenters. The summed E-state index contributed by atoms with van der Waals surface area (Å²) in [5, 5.41) is 3.20. The zero-order valence-corrected chi connectivity index (χ0v) is 12.2. The van der Waals surface area contributed by atoms with Crippen LogP contribution in [0.15, 0.2) is 30.3 Å². The third-order valence-electron chi connectivity index (χ3n) is 2.36. The van der Waals surface area contributed by atoms with Gasteiger partial charge in [0, 0.05) is 12.7 Å². The Morgan fingerprint density at radius 1 is 1.26 bits per heavy atom. The lowest BCUT2D eigenvalue weighted by molar-refractivity contribution is 0.286. The van der Waals surface area contributed by atoms with Crippen molar-refractivity contribution in [3.05, 3.63) is 35.9 Å². The van der Waals surface area contributed by atoms with Crippen LogP contribution in [0.4, 0.5) is 0 Å². The van der Waals surface area contributed by atoms with E-state index in [4.69, 9.17) is 26.7 Å². The number of thiocarbonyl (C=S) groups is 1. The number of ether oxygens (including phenoxy) is 1. The first kappa shape index (κ1) is 16.1. The van der Waals surface area contributed by atoms with Gasteiger partial charge in [-0.2, -0.15) is 0 Å². The Hall–Kier alpha value is -0.940. The van der Waals surface area contributed by atoms with Gasteiger partial charge in [0.25, 0.3) is 5.17 Å². The average molecular weight is 303 g/mol. The summed E-state index contributed by atoms with van der Waals surface area (Å²) >= 11 is 4.99. The van der Waals surface area contributed by atoms with Gasteiger partial charge in [0.05, 0.1) is 0 Å². The van der Waals surface area contributed by atoms with Crippen molar-refractivity contribution in [3.63, 3.8) is 0 Å². The van der Waals surface area contributed by atoms with Crippen molar-refractivity contribution in [2.45, 2.75) is 19.4 Å². The maximum absolute atomic E-state index is 10.6. The van der Waals surface area contributed by atoms with E-state index in [2.05, 4.69) is 5.32 Å². The first-order chi connectivity index (χ1) is 8.97. The molecule has 1 aromatic rings. The first-order valence-corrected chi connectivity index (χ1v) is 8.17. The molecule has 0 aliphatic rings. The smallest absolute Gasteiger partial charge is 0.325 e. The maximum Gasteiger partial charge on any atom is 0.325 e. The highest BCUT2D eigenvalue weighted by Gasteiger charge is 2.11.